The Balaban J connectivity index is 1.48. The van der Waals surface area contributed by atoms with Crippen LogP contribution in [0, 0.1) is 6.92 Å². The van der Waals surface area contributed by atoms with Crippen LogP contribution in [0.4, 0.5) is 0 Å². The van der Waals surface area contributed by atoms with Gasteiger partial charge in [-0.15, -0.1) is 0 Å². The third kappa shape index (κ3) is 4.41. The highest BCUT2D eigenvalue weighted by Crippen LogP contribution is 2.31. The Morgan fingerprint density at radius 1 is 1.34 bits per heavy atom. The Morgan fingerprint density at radius 3 is 3.00 bits per heavy atom. The van der Waals surface area contributed by atoms with Gasteiger partial charge in [-0.05, 0) is 36.6 Å². The van der Waals surface area contributed by atoms with Crippen molar-refractivity contribution in [2.24, 2.45) is 0 Å². The lowest BCUT2D eigenvalue weighted by Crippen LogP contribution is -2.25. The molecule has 0 radical (unpaired) electrons. The Labute approximate surface area is 172 Å². The number of ether oxygens (including phenoxy) is 1. The summed E-state index contributed by atoms with van der Waals surface area (Å²) in [7, 11) is 2.00. The topological polar surface area (TPSA) is 49.4 Å². The average molecular weight is 386 g/mol. The fourth-order valence-electron chi connectivity index (χ4n) is 3.47. The molecule has 1 aliphatic carbocycles. The molecule has 1 aromatic carbocycles. The Bertz CT molecular complexity index is 1020. The first-order chi connectivity index (χ1) is 14.1. The van der Waals surface area contributed by atoms with Gasteiger partial charge in [0.15, 0.2) is 0 Å². The highest BCUT2D eigenvalue weighted by Gasteiger charge is 2.12. The molecule has 0 fully saturated rings. The fourth-order valence-corrected chi connectivity index (χ4v) is 3.47. The van der Waals surface area contributed by atoms with Crippen LogP contribution in [0.25, 0.3) is 11.3 Å². The summed E-state index contributed by atoms with van der Waals surface area (Å²) in [6.07, 6.45) is 11.2. The summed E-state index contributed by atoms with van der Waals surface area (Å²) in [5.74, 6) is 1.60. The van der Waals surface area contributed by atoms with Crippen LogP contribution in [0.1, 0.15) is 23.2 Å². The molecule has 5 heteroatoms. The van der Waals surface area contributed by atoms with E-state index in [0.29, 0.717) is 0 Å². The van der Waals surface area contributed by atoms with Crippen molar-refractivity contribution < 1.29 is 4.74 Å². The third-order valence-electron chi connectivity index (χ3n) is 5.10. The third-order valence-corrected chi connectivity index (χ3v) is 5.10. The van der Waals surface area contributed by atoms with Gasteiger partial charge >= 0.3 is 0 Å². The molecular weight excluding hydrogens is 360 g/mol. The number of rotatable bonds is 7. The van der Waals surface area contributed by atoms with Crippen molar-refractivity contribution in [3.05, 3.63) is 89.9 Å². The monoisotopic (exact) mass is 386 g/mol. The Morgan fingerprint density at radius 2 is 2.24 bits per heavy atom. The summed E-state index contributed by atoms with van der Waals surface area (Å²) in [5, 5.41) is 5.40. The van der Waals surface area contributed by atoms with Gasteiger partial charge in [0.1, 0.15) is 11.5 Å². The predicted molar refractivity (Wildman–Crippen MR) is 118 cm³/mol. The van der Waals surface area contributed by atoms with Crippen LogP contribution in [0.2, 0.25) is 0 Å². The van der Waals surface area contributed by atoms with Crippen molar-refractivity contribution >= 4 is 11.3 Å². The van der Waals surface area contributed by atoms with Gasteiger partial charge in [0.05, 0.1) is 5.69 Å². The van der Waals surface area contributed by atoms with Crippen molar-refractivity contribution in [3.8, 4) is 11.5 Å². The lowest BCUT2D eigenvalue weighted by molar-refractivity contribution is 0.373. The van der Waals surface area contributed by atoms with Gasteiger partial charge in [0.2, 0.25) is 0 Å². The normalized spacial score (nSPS) is 15.3. The maximum Gasteiger partial charge on any atom is 0.131 e. The van der Waals surface area contributed by atoms with E-state index in [-0.39, 0.29) is 0 Å². The van der Waals surface area contributed by atoms with Crippen molar-refractivity contribution in [2.75, 3.05) is 20.1 Å². The summed E-state index contributed by atoms with van der Waals surface area (Å²) in [6, 6.07) is 9.92. The molecule has 148 valence electrons. The summed E-state index contributed by atoms with van der Waals surface area (Å²) < 4.78 is 6.20. The molecular formula is C24H26N4O. The van der Waals surface area contributed by atoms with Gasteiger partial charge < -0.3 is 15.1 Å². The molecule has 0 spiro atoms. The summed E-state index contributed by atoms with van der Waals surface area (Å²) in [4.78, 5) is 4.46. The number of hydrogen-bond donors (Lipinski definition) is 2. The largest absolute Gasteiger partial charge is 0.457 e. The number of nitrogens with zero attached hydrogens (tertiary/aromatic N) is 2. The molecule has 2 heterocycles. The maximum atomic E-state index is 6.20. The zero-order chi connectivity index (χ0) is 20.2. The lowest BCUT2D eigenvalue weighted by Gasteiger charge is -2.16. The number of hydrazine groups is 1. The molecule has 0 saturated heterocycles. The number of aromatic nitrogens is 1. The van der Waals surface area contributed by atoms with Crippen LogP contribution in [-0.2, 0) is 0 Å². The van der Waals surface area contributed by atoms with E-state index >= 15 is 0 Å². The molecule has 29 heavy (non-hydrogen) atoms. The number of hydrogen-bond acceptors (Lipinski definition) is 5. The second-order valence-corrected chi connectivity index (χ2v) is 7.27. The van der Waals surface area contributed by atoms with E-state index in [2.05, 4.69) is 59.7 Å². The standard InChI is InChI=1S/C24H26N4O/c1-17-22(18(2)26-14-19-15-27-28(3)16-19)9-6-10-24(17)29-21-11-12-25-23(13-21)20-7-4-5-8-20/h4,6-13,16,26-27H,2,5,14-15H2,1,3H3. The van der Waals surface area contributed by atoms with Crippen LogP contribution < -0.4 is 15.5 Å². The molecule has 5 nitrogen and oxygen atoms in total. The fraction of sp³-hybridized carbons (Fsp3) is 0.208. The number of benzene rings is 1. The van der Waals surface area contributed by atoms with E-state index in [0.717, 1.165) is 59.1 Å². The highest BCUT2D eigenvalue weighted by atomic mass is 16.5. The van der Waals surface area contributed by atoms with Crippen LogP contribution >= 0.6 is 0 Å². The van der Waals surface area contributed by atoms with Gasteiger partial charge in [0.25, 0.3) is 0 Å². The van der Waals surface area contributed by atoms with E-state index in [1.807, 2.05) is 36.3 Å². The van der Waals surface area contributed by atoms with Gasteiger partial charge in [-0.1, -0.05) is 36.9 Å². The molecule has 2 aliphatic rings. The first-order valence-corrected chi connectivity index (χ1v) is 9.80. The predicted octanol–water partition coefficient (Wildman–Crippen LogP) is 4.42. The average Bonchev–Trinajstić information content (AvgIpc) is 3.40. The molecule has 0 amide bonds. The van der Waals surface area contributed by atoms with Crippen LogP contribution in [0.3, 0.4) is 0 Å². The first kappa shape index (κ1) is 19.0. The van der Waals surface area contributed by atoms with Gasteiger partial charge in [-0.3, -0.25) is 4.98 Å². The van der Waals surface area contributed by atoms with E-state index in [1.165, 1.54) is 5.57 Å². The smallest absolute Gasteiger partial charge is 0.131 e. The van der Waals surface area contributed by atoms with Crippen molar-refractivity contribution in [1.82, 2.24) is 20.7 Å². The quantitative estimate of drug-likeness (QED) is 0.738. The van der Waals surface area contributed by atoms with E-state index in [4.69, 9.17) is 4.74 Å². The summed E-state index contributed by atoms with van der Waals surface area (Å²) in [5.41, 5.74) is 9.60. The first-order valence-electron chi connectivity index (χ1n) is 9.80. The SMILES string of the molecule is C=C(NCC1=CN(C)NC1)c1cccc(Oc2ccnc(C3=CCC=C3)c2)c1C. The second kappa shape index (κ2) is 8.37. The maximum absolute atomic E-state index is 6.20. The molecule has 2 N–H and O–H groups in total. The minimum atomic E-state index is 0.761. The van der Waals surface area contributed by atoms with Crippen molar-refractivity contribution in [1.29, 1.82) is 0 Å². The van der Waals surface area contributed by atoms with Crippen LogP contribution in [0.15, 0.2) is 73.1 Å². The van der Waals surface area contributed by atoms with Crippen LogP contribution in [-0.4, -0.2) is 30.1 Å². The number of pyridine rings is 1. The molecule has 0 bridgehead atoms. The molecule has 0 unspecified atom stereocenters. The molecule has 1 aromatic heterocycles. The van der Waals surface area contributed by atoms with Crippen molar-refractivity contribution in [3.63, 3.8) is 0 Å². The van der Waals surface area contributed by atoms with E-state index in [9.17, 15) is 0 Å². The van der Waals surface area contributed by atoms with Gasteiger partial charge in [-0.25, -0.2) is 5.43 Å². The highest BCUT2D eigenvalue weighted by molar-refractivity contribution is 5.74. The van der Waals surface area contributed by atoms with Crippen LogP contribution in [0.5, 0.6) is 11.5 Å². The second-order valence-electron chi connectivity index (χ2n) is 7.27. The minimum Gasteiger partial charge on any atom is -0.457 e. The number of allylic oxidation sites excluding steroid dienone is 4. The number of nitrogens with one attached hydrogen (secondary N) is 2. The Kier molecular flexibility index (Phi) is 5.49. The summed E-state index contributed by atoms with van der Waals surface area (Å²) in [6.45, 7) is 7.91. The summed E-state index contributed by atoms with van der Waals surface area (Å²) >= 11 is 0. The van der Waals surface area contributed by atoms with E-state index in [1.54, 1.807) is 6.20 Å². The van der Waals surface area contributed by atoms with E-state index < -0.39 is 0 Å². The molecule has 2 aromatic rings. The zero-order valence-corrected chi connectivity index (χ0v) is 16.9. The zero-order valence-electron chi connectivity index (χ0n) is 16.9. The van der Waals surface area contributed by atoms with Crippen molar-refractivity contribution in [2.45, 2.75) is 13.3 Å². The molecule has 0 atom stereocenters. The Hall–Kier alpha value is -3.31. The molecule has 1 aliphatic heterocycles. The van der Waals surface area contributed by atoms with Gasteiger partial charge in [0, 0.05) is 55.4 Å². The van der Waals surface area contributed by atoms with Gasteiger partial charge in [-0.2, -0.15) is 0 Å². The molecule has 4 rings (SSSR count). The lowest BCUT2D eigenvalue weighted by atomic mass is 10.0. The minimum absolute atomic E-state index is 0.761. The molecule has 0 saturated carbocycles.